The van der Waals surface area contributed by atoms with E-state index in [9.17, 15) is 24.3 Å². The standard InChI is InChI=1S/C29H27NO8/c1-18(31)30-24-26(38-28(34)21-15-9-4-10-16-21)25(37-27(33)20-13-7-3-8-14-20)23(36-29(24)35)17-22(32)19-11-5-2-6-12-19/h2-16,23-26,29,35H,17H2,1H3,(H,30,31). The van der Waals surface area contributed by atoms with E-state index in [0.29, 0.717) is 5.56 Å². The molecule has 1 saturated heterocycles. The van der Waals surface area contributed by atoms with Crippen LogP contribution in [0.3, 0.4) is 0 Å². The number of carbonyl (C=O) groups excluding carboxylic acids is 4. The van der Waals surface area contributed by atoms with Crippen LogP contribution < -0.4 is 5.32 Å². The molecule has 1 amide bonds. The van der Waals surface area contributed by atoms with Crippen molar-refractivity contribution in [1.29, 1.82) is 0 Å². The Morgan fingerprint density at radius 1 is 0.737 bits per heavy atom. The summed E-state index contributed by atoms with van der Waals surface area (Å²) >= 11 is 0. The minimum Gasteiger partial charge on any atom is -0.452 e. The van der Waals surface area contributed by atoms with E-state index in [0.717, 1.165) is 0 Å². The summed E-state index contributed by atoms with van der Waals surface area (Å²) in [6.45, 7) is 1.22. The molecule has 3 aromatic rings. The van der Waals surface area contributed by atoms with Gasteiger partial charge in [0.15, 0.2) is 24.3 Å². The van der Waals surface area contributed by atoms with Crippen LogP contribution in [0.15, 0.2) is 91.0 Å². The molecule has 0 spiro atoms. The summed E-state index contributed by atoms with van der Waals surface area (Å²) in [5, 5.41) is 13.3. The molecule has 1 aliphatic heterocycles. The van der Waals surface area contributed by atoms with Gasteiger partial charge in [-0.15, -0.1) is 0 Å². The van der Waals surface area contributed by atoms with Gasteiger partial charge in [0, 0.05) is 18.9 Å². The van der Waals surface area contributed by atoms with Gasteiger partial charge >= 0.3 is 11.9 Å². The third-order valence-corrected chi connectivity index (χ3v) is 6.02. The van der Waals surface area contributed by atoms with Crippen molar-refractivity contribution in [2.24, 2.45) is 0 Å². The minimum atomic E-state index is -1.66. The van der Waals surface area contributed by atoms with Crippen LogP contribution in [-0.4, -0.2) is 59.4 Å². The highest BCUT2D eigenvalue weighted by Crippen LogP contribution is 2.29. The first kappa shape index (κ1) is 26.7. The number of carbonyl (C=O) groups is 4. The van der Waals surface area contributed by atoms with Crippen LogP contribution in [0.25, 0.3) is 0 Å². The van der Waals surface area contributed by atoms with E-state index in [-0.39, 0.29) is 23.3 Å². The lowest BCUT2D eigenvalue weighted by Crippen LogP contribution is -2.65. The zero-order valence-corrected chi connectivity index (χ0v) is 20.6. The van der Waals surface area contributed by atoms with Crippen molar-refractivity contribution in [1.82, 2.24) is 5.32 Å². The van der Waals surface area contributed by atoms with Crippen LogP contribution in [0.1, 0.15) is 44.4 Å². The van der Waals surface area contributed by atoms with Gasteiger partial charge in [0.1, 0.15) is 12.1 Å². The van der Waals surface area contributed by atoms with Crippen LogP contribution in [0, 0.1) is 0 Å². The van der Waals surface area contributed by atoms with Gasteiger partial charge in [-0.3, -0.25) is 9.59 Å². The molecule has 5 atom stereocenters. The van der Waals surface area contributed by atoms with Crippen LogP contribution >= 0.6 is 0 Å². The molecule has 0 bridgehead atoms. The van der Waals surface area contributed by atoms with Gasteiger partial charge in [0.05, 0.1) is 11.1 Å². The van der Waals surface area contributed by atoms with E-state index < -0.39 is 48.5 Å². The Kier molecular flexibility index (Phi) is 8.62. The van der Waals surface area contributed by atoms with Crippen molar-refractivity contribution in [2.45, 2.75) is 44.0 Å². The third kappa shape index (κ3) is 6.50. The van der Waals surface area contributed by atoms with Crippen LogP contribution in [-0.2, 0) is 19.0 Å². The molecule has 0 aliphatic carbocycles. The predicted octanol–water partition coefficient (Wildman–Crippen LogP) is 2.93. The normalized spacial score (nSPS) is 22.6. The second kappa shape index (κ2) is 12.3. The van der Waals surface area contributed by atoms with Crippen LogP contribution in [0.4, 0.5) is 0 Å². The Bertz CT molecular complexity index is 1270. The zero-order chi connectivity index (χ0) is 27.1. The van der Waals surface area contributed by atoms with Crippen molar-refractivity contribution >= 4 is 23.6 Å². The van der Waals surface area contributed by atoms with E-state index in [2.05, 4.69) is 5.32 Å². The lowest BCUT2D eigenvalue weighted by Gasteiger charge is -2.43. The number of aliphatic hydroxyl groups is 1. The number of rotatable bonds is 8. The Hall–Kier alpha value is -4.34. The molecule has 0 saturated carbocycles. The highest BCUT2D eigenvalue weighted by Gasteiger charge is 2.51. The largest absolute Gasteiger partial charge is 0.452 e. The number of Topliss-reactive ketones (excluding diaryl/α,β-unsaturated/α-hetero) is 1. The fourth-order valence-electron chi connectivity index (χ4n) is 4.21. The monoisotopic (exact) mass is 517 g/mol. The van der Waals surface area contributed by atoms with E-state index in [1.807, 2.05) is 0 Å². The fourth-order valence-corrected chi connectivity index (χ4v) is 4.21. The number of amides is 1. The third-order valence-electron chi connectivity index (χ3n) is 6.02. The highest BCUT2D eigenvalue weighted by molar-refractivity contribution is 5.96. The molecule has 1 heterocycles. The maximum absolute atomic E-state index is 13.1. The van der Waals surface area contributed by atoms with Gasteiger partial charge in [0.25, 0.3) is 0 Å². The molecule has 1 aliphatic rings. The molecule has 9 nitrogen and oxygen atoms in total. The number of benzene rings is 3. The number of esters is 2. The van der Waals surface area contributed by atoms with Gasteiger partial charge in [-0.25, -0.2) is 9.59 Å². The quantitative estimate of drug-likeness (QED) is 0.345. The molecule has 196 valence electrons. The summed E-state index contributed by atoms with van der Waals surface area (Å²) in [7, 11) is 0. The van der Waals surface area contributed by atoms with E-state index in [1.165, 1.54) is 19.1 Å². The van der Waals surface area contributed by atoms with Crippen molar-refractivity contribution in [3.63, 3.8) is 0 Å². The van der Waals surface area contributed by atoms with E-state index >= 15 is 0 Å². The first-order valence-corrected chi connectivity index (χ1v) is 12.0. The molecule has 0 aromatic heterocycles. The minimum absolute atomic E-state index is 0.208. The fraction of sp³-hybridized carbons (Fsp3) is 0.241. The van der Waals surface area contributed by atoms with Gasteiger partial charge in [-0.05, 0) is 24.3 Å². The highest BCUT2D eigenvalue weighted by atomic mass is 16.7. The molecular formula is C29H27NO8. The lowest BCUT2D eigenvalue weighted by atomic mass is 9.91. The average molecular weight is 518 g/mol. The number of aliphatic hydroxyl groups excluding tert-OH is 1. The second-order valence-corrected chi connectivity index (χ2v) is 8.76. The molecule has 4 rings (SSSR count). The number of hydrogen-bond donors (Lipinski definition) is 2. The number of ketones is 1. The van der Waals surface area contributed by atoms with Gasteiger partial charge in [-0.2, -0.15) is 0 Å². The summed E-state index contributed by atoms with van der Waals surface area (Å²) in [5.74, 6) is -2.40. The summed E-state index contributed by atoms with van der Waals surface area (Å²) in [6.07, 6.45) is -5.86. The van der Waals surface area contributed by atoms with Gasteiger partial charge < -0.3 is 24.6 Å². The number of ether oxygens (including phenoxy) is 3. The zero-order valence-electron chi connectivity index (χ0n) is 20.6. The van der Waals surface area contributed by atoms with Crippen molar-refractivity contribution in [3.8, 4) is 0 Å². The molecule has 38 heavy (non-hydrogen) atoms. The average Bonchev–Trinajstić information content (AvgIpc) is 2.93. The second-order valence-electron chi connectivity index (χ2n) is 8.76. The first-order chi connectivity index (χ1) is 18.3. The maximum Gasteiger partial charge on any atom is 0.338 e. The Morgan fingerprint density at radius 3 is 1.66 bits per heavy atom. The summed E-state index contributed by atoms with van der Waals surface area (Å²) < 4.78 is 17.2. The summed E-state index contributed by atoms with van der Waals surface area (Å²) in [6, 6.07) is 23.4. The first-order valence-electron chi connectivity index (χ1n) is 12.0. The molecule has 9 heteroatoms. The van der Waals surface area contributed by atoms with E-state index in [1.54, 1.807) is 78.9 Å². The molecular weight excluding hydrogens is 490 g/mol. The van der Waals surface area contributed by atoms with Crippen LogP contribution in [0.5, 0.6) is 0 Å². The van der Waals surface area contributed by atoms with E-state index in [4.69, 9.17) is 14.2 Å². The number of nitrogens with one attached hydrogen (secondary N) is 1. The summed E-state index contributed by atoms with van der Waals surface area (Å²) in [4.78, 5) is 51.1. The van der Waals surface area contributed by atoms with Gasteiger partial charge in [-0.1, -0.05) is 66.7 Å². The van der Waals surface area contributed by atoms with Crippen molar-refractivity contribution in [3.05, 3.63) is 108 Å². The Labute approximate surface area is 219 Å². The SMILES string of the molecule is CC(=O)NC1C(O)OC(CC(=O)c2ccccc2)C(OC(=O)c2ccccc2)C1OC(=O)c1ccccc1. The smallest absolute Gasteiger partial charge is 0.338 e. The molecule has 0 radical (unpaired) electrons. The predicted molar refractivity (Wildman–Crippen MR) is 135 cm³/mol. The van der Waals surface area contributed by atoms with Gasteiger partial charge in [0.2, 0.25) is 5.91 Å². The topological polar surface area (TPSA) is 128 Å². The van der Waals surface area contributed by atoms with Crippen molar-refractivity contribution < 1.29 is 38.5 Å². The Morgan fingerprint density at radius 2 is 1.18 bits per heavy atom. The molecule has 5 unspecified atom stereocenters. The van der Waals surface area contributed by atoms with Crippen molar-refractivity contribution in [2.75, 3.05) is 0 Å². The molecule has 3 aromatic carbocycles. The number of hydrogen-bond acceptors (Lipinski definition) is 8. The lowest BCUT2D eigenvalue weighted by molar-refractivity contribution is -0.245. The Balaban J connectivity index is 1.69. The molecule has 1 fully saturated rings. The van der Waals surface area contributed by atoms with Crippen LogP contribution in [0.2, 0.25) is 0 Å². The molecule has 2 N–H and O–H groups in total. The maximum atomic E-state index is 13.1. The summed E-state index contributed by atoms with van der Waals surface area (Å²) in [5.41, 5.74) is 0.816.